The van der Waals surface area contributed by atoms with Crippen molar-refractivity contribution in [3.8, 4) is 5.75 Å². The van der Waals surface area contributed by atoms with E-state index >= 15 is 0 Å². The fraction of sp³-hybridized carbons (Fsp3) is 0.579. The third kappa shape index (κ3) is 5.19. The minimum absolute atomic E-state index is 0.0650. The van der Waals surface area contributed by atoms with E-state index in [0.29, 0.717) is 13.1 Å². The summed E-state index contributed by atoms with van der Waals surface area (Å²) >= 11 is 0. The smallest absolute Gasteiger partial charge is 0.239 e. The molecule has 1 aliphatic rings. The molecule has 1 fully saturated rings. The summed E-state index contributed by atoms with van der Waals surface area (Å²) in [5.41, 5.74) is 0.940. The lowest BCUT2D eigenvalue weighted by Crippen LogP contribution is -2.57. The van der Waals surface area contributed by atoms with Gasteiger partial charge in [0.2, 0.25) is 11.8 Å². The van der Waals surface area contributed by atoms with Crippen LogP contribution < -0.4 is 10.1 Å². The molecule has 1 aromatic carbocycles. The molecule has 0 radical (unpaired) electrons. The van der Waals surface area contributed by atoms with Gasteiger partial charge in [0.15, 0.2) is 0 Å². The molecule has 6 nitrogen and oxygen atoms in total. The molecule has 0 aliphatic carbocycles. The van der Waals surface area contributed by atoms with E-state index in [-0.39, 0.29) is 24.4 Å². The minimum atomic E-state index is -0.185. The second kappa shape index (κ2) is 9.42. The number of hydrogen-bond acceptors (Lipinski definition) is 4. The highest BCUT2D eigenvalue weighted by atomic mass is 16.5. The Balaban J connectivity index is 1.92. The molecular formula is C19H29N3O3. The number of methoxy groups -OCH3 is 1. The first kappa shape index (κ1) is 19.2. The Bertz CT molecular complexity index is 591. The molecule has 138 valence electrons. The second-order valence-corrected chi connectivity index (χ2v) is 6.48. The van der Waals surface area contributed by atoms with Gasteiger partial charge in [-0.25, -0.2) is 0 Å². The normalized spacial score (nSPS) is 18.3. The second-order valence-electron chi connectivity index (χ2n) is 6.48. The molecule has 1 saturated heterocycles. The van der Waals surface area contributed by atoms with E-state index in [1.165, 1.54) is 0 Å². The molecule has 6 heteroatoms. The van der Waals surface area contributed by atoms with Crippen molar-refractivity contribution in [3.05, 3.63) is 29.8 Å². The van der Waals surface area contributed by atoms with Gasteiger partial charge in [0, 0.05) is 32.2 Å². The summed E-state index contributed by atoms with van der Waals surface area (Å²) in [6.45, 7) is 4.19. The van der Waals surface area contributed by atoms with Crippen molar-refractivity contribution in [2.24, 2.45) is 0 Å². The molecule has 0 unspecified atom stereocenters. The lowest BCUT2D eigenvalue weighted by atomic mass is 10.0. The molecule has 1 heterocycles. The quantitative estimate of drug-likeness (QED) is 0.777. The first-order chi connectivity index (χ1) is 12.1. The van der Waals surface area contributed by atoms with E-state index in [0.717, 1.165) is 37.1 Å². The summed E-state index contributed by atoms with van der Waals surface area (Å²) in [5.74, 6) is 0.820. The van der Waals surface area contributed by atoms with Crippen molar-refractivity contribution in [1.29, 1.82) is 0 Å². The third-order valence-electron chi connectivity index (χ3n) is 4.67. The van der Waals surface area contributed by atoms with Crippen molar-refractivity contribution in [2.45, 2.75) is 38.8 Å². The van der Waals surface area contributed by atoms with Crippen LogP contribution >= 0.6 is 0 Å². The van der Waals surface area contributed by atoms with Crippen molar-refractivity contribution in [2.75, 3.05) is 33.8 Å². The third-order valence-corrected chi connectivity index (χ3v) is 4.67. The maximum atomic E-state index is 12.4. The highest BCUT2D eigenvalue weighted by Gasteiger charge is 2.33. The number of unbranched alkanes of at least 4 members (excludes halogenated alkanes) is 1. The number of nitrogens with one attached hydrogen (secondary N) is 1. The molecule has 1 aromatic rings. The molecule has 0 aromatic heterocycles. The average Bonchev–Trinajstić information content (AvgIpc) is 2.63. The zero-order valence-electron chi connectivity index (χ0n) is 15.5. The summed E-state index contributed by atoms with van der Waals surface area (Å²) < 4.78 is 5.30. The van der Waals surface area contributed by atoms with Crippen LogP contribution in [0.15, 0.2) is 24.3 Å². The molecule has 0 bridgehead atoms. The van der Waals surface area contributed by atoms with E-state index in [2.05, 4.69) is 12.2 Å². The van der Waals surface area contributed by atoms with Crippen molar-refractivity contribution < 1.29 is 14.3 Å². The fourth-order valence-electron chi connectivity index (χ4n) is 3.13. The molecule has 0 saturated carbocycles. The zero-order valence-corrected chi connectivity index (χ0v) is 15.5. The number of amides is 2. The van der Waals surface area contributed by atoms with Gasteiger partial charge < -0.3 is 15.0 Å². The Hall–Kier alpha value is -2.08. The van der Waals surface area contributed by atoms with Crippen LogP contribution in [-0.2, 0) is 16.1 Å². The van der Waals surface area contributed by atoms with E-state index in [4.69, 9.17) is 4.74 Å². The van der Waals surface area contributed by atoms with Gasteiger partial charge >= 0.3 is 0 Å². The summed E-state index contributed by atoms with van der Waals surface area (Å²) in [4.78, 5) is 28.6. The van der Waals surface area contributed by atoms with Gasteiger partial charge in [0.05, 0.1) is 19.7 Å². The summed E-state index contributed by atoms with van der Waals surface area (Å²) in [6, 6.07) is 7.45. The number of carbonyl (C=O) groups is 2. The number of rotatable bonds is 8. The molecule has 1 N–H and O–H groups in total. The number of piperazine rings is 1. The van der Waals surface area contributed by atoms with Gasteiger partial charge in [-0.2, -0.15) is 0 Å². The lowest BCUT2D eigenvalue weighted by molar-refractivity contribution is -0.141. The Labute approximate surface area is 150 Å². The number of para-hydroxylation sites is 1. The Morgan fingerprint density at radius 1 is 1.32 bits per heavy atom. The van der Waals surface area contributed by atoms with Crippen LogP contribution in [0.25, 0.3) is 0 Å². The minimum Gasteiger partial charge on any atom is -0.496 e. The standard InChI is InChI=1S/C19H29N3O3/c1-4-5-9-16-19(24)21(2)11-12-22(16)14-18(23)20-13-15-8-6-7-10-17(15)25-3/h6-8,10,16H,4-5,9,11-14H2,1-3H3,(H,20,23)/t16-/m1/s1. The number of likely N-dealkylation sites (N-methyl/N-ethyl adjacent to an activating group) is 1. The maximum absolute atomic E-state index is 12.4. The van der Waals surface area contributed by atoms with Crippen LogP contribution in [-0.4, -0.2) is 61.4 Å². The van der Waals surface area contributed by atoms with Crippen LogP contribution in [0.3, 0.4) is 0 Å². The summed E-state index contributed by atoms with van der Waals surface area (Å²) in [7, 11) is 3.45. The van der Waals surface area contributed by atoms with Gasteiger partial charge in [0.1, 0.15) is 5.75 Å². The van der Waals surface area contributed by atoms with Gasteiger partial charge in [-0.1, -0.05) is 38.0 Å². The average molecular weight is 347 g/mol. The highest BCUT2D eigenvalue weighted by Crippen LogP contribution is 2.18. The maximum Gasteiger partial charge on any atom is 0.239 e. The van der Waals surface area contributed by atoms with Gasteiger partial charge in [0.25, 0.3) is 0 Å². The Morgan fingerprint density at radius 2 is 2.08 bits per heavy atom. The van der Waals surface area contributed by atoms with Gasteiger partial charge in [-0.3, -0.25) is 14.5 Å². The molecule has 1 aliphatic heterocycles. The molecule has 0 spiro atoms. The number of nitrogens with zero attached hydrogens (tertiary/aromatic N) is 2. The monoisotopic (exact) mass is 347 g/mol. The molecule has 2 rings (SSSR count). The Kier molecular flexibility index (Phi) is 7.25. The molecule has 25 heavy (non-hydrogen) atoms. The van der Waals surface area contributed by atoms with Crippen molar-refractivity contribution in [3.63, 3.8) is 0 Å². The number of benzene rings is 1. The van der Waals surface area contributed by atoms with E-state index in [9.17, 15) is 9.59 Å². The zero-order chi connectivity index (χ0) is 18.2. The van der Waals surface area contributed by atoms with Crippen molar-refractivity contribution in [1.82, 2.24) is 15.1 Å². The first-order valence-electron chi connectivity index (χ1n) is 8.94. The predicted octanol–water partition coefficient (Wildman–Crippen LogP) is 1.64. The van der Waals surface area contributed by atoms with Crippen LogP contribution in [0.1, 0.15) is 31.7 Å². The number of hydrogen-bond donors (Lipinski definition) is 1. The fourth-order valence-corrected chi connectivity index (χ4v) is 3.13. The first-order valence-corrected chi connectivity index (χ1v) is 8.94. The van der Waals surface area contributed by atoms with E-state index in [1.54, 1.807) is 12.0 Å². The predicted molar refractivity (Wildman–Crippen MR) is 97.4 cm³/mol. The number of carbonyl (C=O) groups excluding carboxylic acids is 2. The van der Waals surface area contributed by atoms with Crippen LogP contribution in [0.2, 0.25) is 0 Å². The van der Waals surface area contributed by atoms with Gasteiger partial charge in [-0.05, 0) is 12.5 Å². The molecule has 1 atom stereocenters. The van der Waals surface area contributed by atoms with E-state index in [1.807, 2.05) is 36.2 Å². The SMILES string of the molecule is CCCC[C@@H]1C(=O)N(C)CCN1CC(=O)NCc1ccccc1OC. The highest BCUT2D eigenvalue weighted by molar-refractivity contribution is 5.84. The Morgan fingerprint density at radius 3 is 2.80 bits per heavy atom. The molecular weight excluding hydrogens is 318 g/mol. The topological polar surface area (TPSA) is 61.9 Å². The van der Waals surface area contributed by atoms with Crippen LogP contribution in [0.4, 0.5) is 0 Å². The van der Waals surface area contributed by atoms with E-state index < -0.39 is 0 Å². The lowest BCUT2D eigenvalue weighted by Gasteiger charge is -2.38. The van der Waals surface area contributed by atoms with Crippen molar-refractivity contribution >= 4 is 11.8 Å². The van der Waals surface area contributed by atoms with Crippen LogP contribution in [0.5, 0.6) is 5.75 Å². The van der Waals surface area contributed by atoms with Gasteiger partial charge in [-0.15, -0.1) is 0 Å². The molecule has 2 amide bonds. The van der Waals surface area contributed by atoms with Crippen LogP contribution in [0, 0.1) is 0 Å². The number of ether oxygens (including phenoxy) is 1. The summed E-state index contributed by atoms with van der Waals surface area (Å²) in [5, 5.41) is 2.94. The summed E-state index contributed by atoms with van der Waals surface area (Å²) in [6.07, 6.45) is 2.84. The largest absolute Gasteiger partial charge is 0.496 e.